The second-order valence-electron chi connectivity index (χ2n) is 3.41. The van der Waals surface area contributed by atoms with Crippen molar-refractivity contribution in [1.29, 1.82) is 0 Å². The first-order chi connectivity index (χ1) is 7.50. The maximum Gasteiger partial charge on any atom is 0.237 e. The zero-order chi connectivity index (χ0) is 12.1. The van der Waals surface area contributed by atoms with Gasteiger partial charge in [-0.25, -0.2) is 0 Å². The van der Waals surface area contributed by atoms with Gasteiger partial charge in [0.15, 0.2) is 0 Å². The van der Waals surface area contributed by atoms with E-state index in [0.29, 0.717) is 5.69 Å². The number of primary amides is 1. The van der Waals surface area contributed by atoms with Crippen LogP contribution in [0, 0.1) is 0 Å². The van der Waals surface area contributed by atoms with Crippen molar-refractivity contribution in [1.82, 2.24) is 0 Å². The number of rotatable bonds is 4. The number of anilines is 1. The molecule has 1 unspecified atom stereocenters. The molecule has 0 aliphatic rings. The average Bonchev–Trinajstić information content (AvgIpc) is 2.20. The molecule has 1 aromatic carbocycles. The van der Waals surface area contributed by atoms with E-state index in [1.807, 2.05) is 0 Å². The van der Waals surface area contributed by atoms with Crippen LogP contribution in [-0.2, 0) is 16.0 Å². The van der Waals surface area contributed by atoms with E-state index < -0.39 is 5.91 Å². The molecular formula is C11H13BrN2O2. The Morgan fingerprint density at radius 1 is 1.44 bits per heavy atom. The second-order valence-corrected chi connectivity index (χ2v) is 4.78. The Morgan fingerprint density at radius 2 is 2.06 bits per heavy atom. The summed E-state index contributed by atoms with van der Waals surface area (Å²) in [7, 11) is 0. The number of benzene rings is 1. The Labute approximate surface area is 102 Å². The van der Waals surface area contributed by atoms with Crippen LogP contribution in [0.25, 0.3) is 0 Å². The molecule has 0 fully saturated rings. The zero-order valence-electron chi connectivity index (χ0n) is 8.87. The minimum absolute atomic E-state index is 0.118. The molecule has 16 heavy (non-hydrogen) atoms. The number of nitrogens with two attached hydrogens (primary N) is 1. The summed E-state index contributed by atoms with van der Waals surface area (Å²) in [6.07, 6.45) is 0.118. The van der Waals surface area contributed by atoms with Crippen molar-refractivity contribution in [3.8, 4) is 0 Å². The molecule has 2 amide bonds. The molecule has 0 bridgehead atoms. The SMILES string of the molecule is CC(Br)C(=O)Nc1ccccc1CC(N)=O. The molecule has 0 aromatic heterocycles. The van der Waals surface area contributed by atoms with Gasteiger partial charge in [-0.2, -0.15) is 0 Å². The van der Waals surface area contributed by atoms with Gasteiger partial charge >= 0.3 is 0 Å². The number of alkyl halides is 1. The van der Waals surface area contributed by atoms with Crippen molar-refractivity contribution < 1.29 is 9.59 Å². The van der Waals surface area contributed by atoms with Crippen LogP contribution in [0.4, 0.5) is 5.69 Å². The maximum absolute atomic E-state index is 11.5. The molecule has 86 valence electrons. The Kier molecular flexibility index (Phi) is 4.49. The monoisotopic (exact) mass is 284 g/mol. The highest BCUT2D eigenvalue weighted by atomic mass is 79.9. The van der Waals surface area contributed by atoms with Crippen LogP contribution < -0.4 is 11.1 Å². The summed E-state index contributed by atoms with van der Waals surface area (Å²) >= 11 is 3.17. The van der Waals surface area contributed by atoms with Crippen LogP contribution in [0.3, 0.4) is 0 Å². The van der Waals surface area contributed by atoms with Gasteiger partial charge in [-0.15, -0.1) is 0 Å². The highest BCUT2D eigenvalue weighted by molar-refractivity contribution is 9.10. The van der Waals surface area contributed by atoms with Crippen LogP contribution >= 0.6 is 15.9 Å². The summed E-state index contributed by atoms with van der Waals surface area (Å²) in [6, 6.07) is 7.09. The molecule has 4 nitrogen and oxygen atoms in total. The van der Waals surface area contributed by atoms with Gasteiger partial charge in [0.2, 0.25) is 11.8 Å². The number of halogens is 1. The smallest absolute Gasteiger partial charge is 0.237 e. The molecule has 0 heterocycles. The molecule has 1 rings (SSSR count). The molecule has 0 aliphatic carbocycles. The molecular weight excluding hydrogens is 272 g/mol. The minimum Gasteiger partial charge on any atom is -0.369 e. The van der Waals surface area contributed by atoms with Crippen LogP contribution in [0.5, 0.6) is 0 Å². The molecule has 0 spiro atoms. The standard InChI is InChI=1S/C11H13BrN2O2/c1-7(12)11(16)14-9-5-3-2-4-8(9)6-10(13)15/h2-5,7H,6H2,1H3,(H2,13,15)(H,14,16). The van der Waals surface area contributed by atoms with Crippen LogP contribution in [0.1, 0.15) is 12.5 Å². The zero-order valence-corrected chi connectivity index (χ0v) is 10.5. The van der Waals surface area contributed by atoms with Crippen LogP contribution in [0.2, 0.25) is 0 Å². The Balaban J connectivity index is 2.86. The Hall–Kier alpha value is -1.36. The van der Waals surface area contributed by atoms with Crippen molar-refractivity contribution >= 4 is 33.4 Å². The lowest BCUT2D eigenvalue weighted by atomic mass is 10.1. The van der Waals surface area contributed by atoms with Crippen molar-refractivity contribution in [2.45, 2.75) is 18.2 Å². The van der Waals surface area contributed by atoms with Gasteiger partial charge < -0.3 is 11.1 Å². The number of hydrogen-bond acceptors (Lipinski definition) is 2. The van der Waals surface area contributed by atoms with E-state index in [1.54, 1.807) is 31.2 Å². The van der Waals surface area contributed by atoms with Gasteiger partial charge in [0, 0.05) is 5.69 Å². The van der Waals surface area contributed by atoms with E-state index in [9.17, 15) is 9.59 Å². The molecule has 0 radical (unpaired) electrons. The van der Waals surface area contributed by atoms with Crippen molar-refractivity contribution in [3.63, 3.8) is 0 Å². The Morgan fingerprint density at radius 3 is 2.62 bits per heavy atom. The van der Waals surface area contributed by atoms with E-state index in [1.165, 1.54) is 0 Å². The highest BCUT2D eigenvalue weighted by Crippen LogP contribution is 2.16. The van der Waals surface area contributed by atoms with Crippen molar-refractivity contribution in [2.75, 3.05) is 5.32 Å². The maximum atomic E-state index is 11.5. The molecule has 1 aromatic rings. The van der Waals surface area contributed by atoms with Gasteiger partial charge in [0.25, 0.3) is 0 Å². The third-order valence-electron chi connectivity index (χ3n) is 2.00. The lowest BCUT2D eigenvalue weighted by Gasteiger charge is -2.10. The third-order valence-corrected chi connectivity index (χ3v) is 2.42. The van der Waals surface area contributed by atoms with E-state index >= 15 is 0 Å². The fraction of sp³-hybridized carbons (Fsp3) is 0.273. The van der Waals surface area contributed by atoms with Gasteiger partial charge in [0.05, 0.1) is 11.2 Å². The largest absolute Gasteiger partial charge is 0.369 e. The van der Waals surface area contributed by atoms with E-state index in [2.05, 4.69) is 21.2 Å². The topological polar surface area (TPSA) is 72.2 Å². The Bertz CT molecular complexity index is 405. The van der Waals surface area contributed by atoms with E-state index in [0.717, 1.165) is 5.56 Å². The molecule has 3 N–H and O–H groups in total. The minimum atomic E-state index is -0.423. The predicted molar refractivity (Wildman–Crippen MR) is 66.4 cm³/mol. The molecule has 0 saturated carbocycles. The quantitative estimate of drug-likeness (QED) is 0.821. The normalized spacial score (nSPS) is 11.9. The van der Waals surface area contributed by atoms with Crippen LogP contribution in [0.15, 0.2) is 24.3 Å². The van der Waals surface area contributed by atoms with E-state index in [4.69, 9.17) is 5.73 Å². The number of carbonyl (C=O) groups excluding carboxylic acids is 2. The van der Waals surface area contributed by atoms with Gasteiger partial charge in [-0.3, -0.25) is 9.59 Å². The predicted octanol–water partition coefficient (Wildman–Crippen LogP) is 1.44. The average molecular weight is 285 g/mol. The lowest BCUT2D eigenvalue weighted by Crippen LogP contribution is -2.22. The molecule has 0 aliphatic heterocycles. The summed E-state index contributed by atoms with van der Waals surface area (Å²) < 4.78 is 0. The highest BCUT2D eigenvalue weighted by Gasteiger charge is 2.11. The molecule has 0 saturated heterocycles. The van der Waals surface area contributed by atoms with Crippen molar-refractivity contribution in [2.24, 2.45) is 5.73 Å². The van der Waals surface area contributed by atoms with Gasteiger partial charge in [-0.05, 0) is 18.6 Å². The summed E-state index contributed by atoms with van der Waals surface area (Å²) in [5.74, 6) is -0.578. The van der Waals surface area contributed by atoms with E-state index in [-0.39, 0.29) is 17.2 Å². The van der Waals surface area contributed by atoms with Gasteiger partial charge in [0.1, 0.15) is 0 Å². The lowest BCUT2D eigenvalue weighted by molar-refractivity contribution is -0.117. The van der Waals surface area contributed by atoms with Crippen molar-refractivity contribution in [3.05, 3.63) is 29.8 Å². The van der Waals surface area contributed by atoms with Gasteiger partial charge in [-0.1, -0.05) is 34.1 Å². The first-order valence-corrected chi connectivity index (χ1v) is 5.73. The summed E-state index contributed by atoms with van der Waals surface area (Å²) in [6.45, 7) is 1.73. The first kappa shape index (κ1) is 12.7. The second kappa shape index (κ2) is 5.65. The number of carbonyl (C=O) groups is 2. The molecule has 1 atom stereocenters. The summed E-state index contributed by atoms with van der Waals surface area (Å²) in [4.78, 5) is 22.0. The fourth-order valence-corrected chi connectivity index (χ4v) is 1.33. The first-order valence-electron chi connectivity index (χ1n) is 4.82. The fourth-order valence-electron chi connectivity index (χ4n) is 1.22. The summed E-state index contributed by atoms with van der Waals surface area (Å²) in [5.41, 5.74) is 6.46. The third kappa shape index (κ3) is 3.66. The number of hydrogen-bond donors (Lipinski definition) is 2. The number of nitrogens with one attached hydrogen (secondary N) is 1. The number of amides is 2. The summed E-state index contributed by atoms with van der Waals surface area (Å²) in [5, 5.41) is 2.72. The van der Waals surface area contributed by atoms with Crippen LogP contribution in [-0.4, -0.2) is 16.6 Å². The number of para-hydroxylation sites is 1. The molecule has 5 heteroatoms.